The van der Waals surface area contributed by atoms with Crippen LogP contribution in [0.15, 0.2) is 24.3 Å². The molecule has 80 valence electrons. The number of H-pyrrole nitrogens is 1. The lowest BCUT2D eigenvalue weighted by molar-refractivity contribution is -0.274. The second kappa shape index (κ2) is 3.08. The number of aromatic amines is 1. The molecule has 0 saturated heterocycles. The first-order chi connectivity index (χ1) is 6.94. The van der Waals surface area contributed by atoms with E-state index in [4.69, 9.17) is 5.73 Å². The Morgan fingerprint density at radius 3 is 2.60 bits per heavy atom. The van der Waals surface area contributed by atoms with Crippen molar-refractivity contribution in [3.8, 4) is 5.75 Å². The summed E-state index contributed by atoms with van der Waals surface area (Å²) in [7, 11) is 0. The highest BCUT2D eigenvalue weighted by molar-refractivity contribution is 5.84. The van der Waals surface area contributed by atoms with Gasteiger partial charge in [-0.2, -0.15) is 0 Å². The van der Waals surface area contributed by atoms with Crippen LogP contribution < -0.4 is 10.5 Å². The number of ether oxygens (including phenoxy) is 1. The number of benzene rings is 1. The van der Waals surface area contributed by atoms with Crippen molar-refractivity contribution >= 4 is 16.7 Å². The van der Waals surface area contributed by atoms with Crippen LogP contribution in [0.25, 0.3) is 10.9 Å². The minimum Gasteiger partial charge on any atom is -0.406 e. The molecule has 0 aliphatic rings. The van der Waals surface area contributed by atoms with Gasteiger partial charge in [0.2, 0.25) is 0 Å². The number of nitrogens with two attached hydrogens (primary N) is 1. The third-order valence-electron chi connectivity index (χ3n) is 1.85. The van der Waals surface area contributed by atoms with E-state index in [0.29, 0.717) is 16.7 Å². The first kappa shape index (κ1) is 9.70. The summed E-state index contributed by atoms with van der Waals surface area (Å²) in [5, 5.41) is 0.578. The Kier molecular flexibility index (Phi) is 1.99. The maximum absolute atomic E-state index is 11.9. The summed E-state index contributed by atoms with van der Waals surface area (Å²) in [6, 6.07) is 5.52. The molecule has 0 radical (unpaired) electrons. The van der Waals surface area contributed by atoms with Crippen molar-refractivity contribution in [2.24, 2.45) is 0 Å². The smallest absolute Gasteiger partial charge is 0.406 e. The maximum atomic E-state index is 11.9. The zero-order chi connectivity index (χ0) is 11.1. The van der Waals surface area contributed by atoms with Crippen LogP contribution in [-0.2, 0) is 0 Å². The zero-order valence-electron chi connectivity index (χ0n) is 7.43. The van der Waals surface area contributed by atoms with Gasteiger partial charge in [0, 0.05) is 10.9 Å². The Morgan fingerprint density at radius 1 is 1.20 bits per heavy atom. The SMILES string of the molecule is Nc1cc2cc(OC(F)(F)F)ccc2[nH]1. The molecule has 1 aromatic carbocycles. The van der Waals surface area contributed by atoms with E-state index in [1.165, 1.54) is 18.2 Å². The minimum absolute atomic E-state index is 0.256. The number of nitrogen functional groups attached to an aromatic ring is 1. The van der Waals surface area contributed by atoms with Crippen molar-refractivity contribution in [2.45, 2.75) is 6.36 Å². The van der Waals surface area contributed by atoms with Gasteiger partial charge in [0.05, 0.1) is 0 Å². The lowest BCUT2D eigenvalue weighted by Crippen LogP contribution is -2.16. The summed E-state index contributed by atoms with van der Waals surface area (Å²) in [6.45, 7) is 0. The van der Waals surface area contributed by atoms with Crippen LogP contribution >= 0.6 is 0 Å². The van der Waals surface area contributed by atoms with Crippen LogP contribution in [0, 0.1) is 0 Å². The highest BCUT2D eigenvalue weighted by Crippen LogP contribution is 2.27. The molecule has 0 saturated carbocycles. The molecule has 0 aliphatic carbocycles. The van der Waals surface area contributed by atoms with E-state index in [2.05, 4.69) is 9.72 Å². The number of anilines is 1. The summed E-state index contributed by atoms with van der Waals surface area (Å²) in [5.74, 6) is 0.142. The number of hydrogen-bond donors (Lipinski definition) is 2. The standard InChI is InChI=1S/C9H7F3N2O/c10-9(11,12)15-6-1-2-7-5(3-6)4-8(13)14-7/h1-4,14H,13H2. The predicted octanol–water partition coefficient (Wildman–Crippen LogP) is 2.65. The third-order valence-corrected chi connectivity index (χ3v) is 1.85. The van der Waals surface area contributed by atoms with Crippen molar-refractivity contribution in [1.82, 2.24) is 4.98 Å². The molecule has 0 fully saturated rings. The zero-order valence-corrected chi connectivity index (χ0v) is 7.43. The van der Waals surface area contributed by atoms with E-state index in [0.717, 1.165) is 0 Å². The van der Waals surface area contributed by atoms with Gasteiger partial charge in [0.15, 0.2) is 0 Å². The highest BCUT2D eigenvalue weighted by Gasteiger charge is 2.31. The molecule has 2 aromatic rings. The Hall–Kier alpha value is -1.85. The topological polar surface area (TPSA) is 51.0 Å². The van der Waals surface area contributed by atoms with Gasteiger partial charge in [-0.05, 0) is 24.3 Å². The Morgan fingerprint density at radius 2 is 1.93 bits per heavy atom. The van der Waals surface area contributed by atoms with Gasteiger partial charge in [-0.25, -0.2) is 0 Å². The van der Waals surface area contributed by atoms with Gasteiger partial charge in [0.25, 0.3) is 0 Å². The van der Waals surface area contributed by atoms with Crippen LogP contribution in [0.2, 0.25) is 0 Å². The number of fused-ring (bicyclic) bond motifs is 1. The number of hydrogen-bond acceptors (Lipinski definition) is 2. The molecule has 1 heterocycles. The van der Waals surface area contributed by atoms with E-state index in [1.807, 2.05) is 0 Å². The van der Waals surface area contributed by atoms with Crippen molar-refractivity contribution in [2.75, 3.05) is 5.73 Å². The lowest BCUT2D eigenvalue weighted by atomic mass is 10.2. The number of aromatic nitrogens is 1. The fourth-order valence-corrected chi connectivity index (χ4v) is 1.33. The average Bonchev–Trinajstić information content (AvgIpc) is 2.40. The molecule has 0 unspecified atom stereocenters. The van der Waals surface area contributed by atoms with E-state index in [1.54, 1.807) is 6.07 Å². The van der Waals surface area contributed by atoms with Gasteiger partial charge in [-0.3, -0.25) is 0 Å². The minimum atomic E-state index is -4.67. The monoisotopic (exact) mass is 216 g/mol. The van der Waals surface area contributed by atoms with Crippen LogP contribution in [0.5, 0.6) is 5.75 Å². The summed E-state index contributed by atoms with van der Waals surface area (Å²) < 4.78 is 39.4. The van der Waals surface area contributed by atoms with Gasteiger partial charge >= 0.3 is 6.36 Å². The van der Waals surface area contributed by atoms with E-state index < -0.39 is 6.36 Å². The molecule has 0 aliphatic heterocycles. The van der Waals surface area contributed by atoms with Gasteiger partial charge in [-0.15, -0.1) is 13.2 Å². The van der Waals surface area contributed by atoms with Crippen molar-refractivity contribution in [1.29, 1.82) is 0 Å². The Labute approximate surface area is 82.6 Å². The second-order valence-corrected chi connectivity index (χ2v) is 3.02. The average molecular weight is 216 g/mol. The number of rotatable bonds is 1. The van der Waals surface area contributed by atoms with Crippen molar-refractivity contribution in [3.63, 3.8) is 0 Å². The third kappa shape index (κ3) is 2.15. The first-order valence-corrected chi connectivity index (χ1v) is 4.08. The van der Waals surface area contributed by atoms with E-state index in [9.17, 15) is 13.2 Å². The van der Waals surface area contributed by atoms with E-state index >= 15 is 0 Å². The molecule has 6 heteroatoms. The Bertz CT molecular complexity index is 490. The molecule has 0 spiro atoms. The van der Waals surface area contributed by atoms with Crippen LogP contribution in [-0.4, -0.2) is 11.3 Å². The summed E-state index contributed by atoms with van der Waals surface area (Å²) in [6.07, 6.45) is -4.67. The molecule has 1 aromatic heterocycles. The van der Waals surface area contributed by atoms with Crippen molar-refractivity contribution < 1.29 is 17.9 Å². The van der Waals surface area contributed by atoms with Crippen LogP contribution in [0.4, 0.5) is 19.0 Å². The van der Waals surface area contributed by atoms with Crippen LogP contribution in [0.3, 0.4) is 0 Å². The number of alkyl halides is 3. The van der Waals surface area contributed by atoms with E-state index in [-0.39, 0.29) is 5.75 Å². The van der Waals surface area contributed by atoms with Crippen LogP contribution in [0.1, 0.15) is 0 Å². The fourth-order valence-electron chi connectivity index (χ4n) is 1.33. The lowest BCUT2D eigenvalue weighted by Gasteiger charge is -2.08. The molecule has 15 heavy (non-hydrogen) atoms. The fraction of sp³-hybridized carbons (Fsp3) is 0.111. The molecule has 0 amide bonds. The second-order valence-electron chi connectivity index (χ2n) is 3.02. The molecule has 0 bridgehead atoms. The molecule has 3 nitrogen and oxygen atoms in total. The normalized spacial score (nSPS) is 11.9. The van der Waals surface area contributed by atoms with Crippen molar-refractivity contribution in [3.05, 3.63) is 24.3 Å². The molecule has 0 atom stereocenters. The summed E-state index contributed by atoms with van der Waals surface area (Å²) in [5.41, 5.74) is 6.12. The molecule has 3 N–H and O–H groups in total. The summed E-state index contributed by atoms with van der Waals surface area (Å²) >= 11 is 0. The largest absolute Gasteiger partial charge is 0.573 e. The predicted molar refractivity (Wildman–Crippen MR) is 49.4 cm³/mol. The van der Waals surface area contributed by atoms with Gasteiger partial charge in [-0.1, -0.05) is 0 Å². The molecular weight excluding hydrogens is 209 g/mol. The van der Waals surface area contributed by atoms with Gasteiger partial charge < -0.3 is 15.5 Å². The maximum Gasteiger partial charge on any atom is 0.573 e. The molecular formula is C9H7F3N2O. The first-order valence-electron chi connectivity index (χ1n) is 4.08. The highest BCUT2D eigenvalue weighted by atomic mass is 19.4. The molecule has 2 rings (SSSR count). The summed E-state index contributed by atoms with van der Waals surface area (Å²) in [4.78, 5) is 2.79. The number of nitrogens with one attached hydrogen (secondary N) is 1. The number of halogens is 3. The van der Waals surface area contributed by atoms with Gasteiger partial charge in [0.1, 0.15) is 11.6 Å². The quantitative estimate of drug-likeness (QED) is 0.769. The Balaban J connectivity index is 2.38.